The van der Waals surface area contributed by atoms with E-state index in [1.54, 1.807) is 25.5 Å². The summed E-state index contributed by atoms with van der Waals surface area (Å²) in [5.41, 5.74) is 3.07. The van der Waals surface area contributed by atoms with Crippen LogP contribution in [-0.4, -0.2) is 23.0 Å². The van der Waals surface area contributed by atoms with Gasteiger partial charge in [-0.25, -0.2) is 18.7 Å². The second-order valence-electron chi connectivity index (χ2n) is 6.78. The van der Waals surface area contributed by atoms with Crippen molar-refractivity contribution in [3.8, 4) is 17.0 Å². The number of halogens is 2. The van der Waals surface area contributed by atoms with Gasteiger partial charge in [-0.05, 0) is 60.5 Å². The third kappa shape index (κ3) is 5.60. The van der Waals surface area contributed by atoms with Crippen molar-refractivity contribution >= 4 is 17.8 Å². The second-order valence-corrected chi connectivity index (χ2v) is 6.78. The van der Waals surface area contributed by atoms with Crippen molar-refractivity contribution in [2.45, 2.75) is 13.3 Å². The fourth-order valence-corrected chi connectivity index (χ4v) is 2.79. The summed E-state index contributed by atoms with van der Waals surface area (Å²) in [6, 6.07) is 10.7. The number of hydrogen-bond donors (Lipinski definition) is 1. The van der Waals surface area contributed by atoms with Crippen molar-refractivity contribution in [2.24, 2.45) is 0 Å². The van der Waals surface area contributed by atoms with Crippen LogP contribution in [-0.2, 0) is 11.2 Å². The summed E-state index contributed by atoms with van der Waals surface area (Å²) in [4.78, 5) is 21.4. The van der Waals surface area contributed by atoms with Gasteiger partial charge in [-0.1, -0.05) is 18.7 Å². The zero-order valence-corrected chi connectivity index (χ0v) is 17.2. The molecule has 1 heterocycles. The summed E-state index contributed by atoms with van der Waals surface area (Å²) in [5.74, 6) is -1.41. The maximum Gasteiger partial charge on any atom is 0.230 e. The first-order valence-electron chi connectivity index (χ1n) is 9.45. The normalized spacial score (nSPS) is 11.2. The maximum absolute atomic E-state index is 13.4. The molecule has 5 nitrogen and oxygen atoms in total. The molecule has 1 aromatic heterocycles. The van der Waals surface area contributed by atoms with E-state index in [1.807, 2.05) is 31.2 Å². The highest BCUT2D eigenvalue weighted by molar-refractivity contribution is 5.93. The lowest BCUT2D eigenvalue weighted by atomic mass is 10.1. The first kappa shape index (κ1) is 21.8. The monoisotopic (exact) mass is 421 g/mol. The van der Waals surface area contributed by atoms with Crippen molar-refractivity contribution in [2.75, 3.05) is 12.4 Å². The van der Waals surface area contributed by atoms with E-state index in [4.69, 9.17) is 4.74 Å². The molecule has 0 fully saturated rings. The molecule has 1 amide bonds. The second kappa shape index (κ2) is 9.75. The molecule has 0 aliphatic heterocycles. The largest absolute Gasteiger partial charge is 0.497 e. The van der Waals surface area contributed by atoms with Crippen LogP contribution in [0.15, 0.2) is 66.9 Å². The Balaban J connectivity index is 1.88. The summed E-state index contributed by atoms with van der Waals surface area (Å²) >= 11 is 0. The van der Waals surface area contributed by atoms with E-state index in [2.05, 4.69) is 21.9 Å². The molecule has 0 radical (unpaired) electrons. The molecular weight excluding hydrogens is 400 g/mol. The molecule has 0 saturated heterocycles. The van der Waals surface area contributed by atoms with Crippen LogP contribution in [0.2, 0.25) is 0 Å². The number of benzene rings is 2. The molecule has 0 unspecified atom stereocenters. The maximum atomic E-state index is 13.4. The Morgan fingerprint density at radius 1 is 1.16 bits per heavy atom. The smallest absolute Gasteiger partial charge is 0.230 e. The number of anilines is 1. The Bertz CT molecular complexity index is 1140. The van der Waals surface area contributed by atoms with Gasteiger partial charge in [-0.2, -0.15) is 0 Å². The molecule has 3 rings (SSSR count). The van der Waals surface area contributed by atoms with Crippen molar-refractivity contribution in [3.63, 3.8) is 0 Å². The van der Waals surface area contributed by atoms with Crippen molar-refractivity contribution in [1.29, 1.82) is 0 Å². The zero-order valence-electron chi connectivity index (χ0n) is 17.2. The number of allylic oxidation sites excluding steroid dienone is 2. The van der Waals surface area contributed by atoms with Crippen molar-refractivity contribution in [1.82, 2.24) is 9.97 Å². The van der Waals surface area contributed by atoms with Crippen LogP contribution in [0.5, 0.6) is 5.75 Å². The number of ether oxygens (including phenoxy) is 1. The van der Waals surface area contributed by atoms with Crippen LogP contribution in [0.25, 0.3) is 17.3 Å². The summed E-state index contributed by atoms with van der Waals surface area (Å²) in [5, 5.41) is 2.69. The summed E-state index contributed by atoms with van der Waals surface area (Å²) < 4.78 is 31.7. The van der Waals surface area contributed by atoms with Crippen LogP contribution in [0, 0.1) is 11.6 Å². The van der Waals surface area contributed by atoms with E-state index in [-0.39, 0.29) is 12.2 Å². The van der Waals surface area contributed by atoms with Gasteiger partial charge in [0, 0.05) is 5.56 Å². The molecular formula is C24H21F2N3O2. The summed E-state index contributed by atoms with van der Waals surface area (Å²) in [6.07, 6.45) is 4.83. The third-order valence-electron chi connectivity index (χ3n) is 4.48. The number of hydrogen-bond acceptors (Lipinski definition) is 4. The molecule has 2 aromatic carbocycles. The quantitative estimate of drug-likeness (QED) is 0.533. The van der Waals surface area contributed by atoms with E-state index in [0.29, 0.717) is 17.0 Å². The molecule has 0 spiro atoms. The zero-order chi connectivity index (χ0) is 22.4. The topological polar surface area (TPSA) is 64.1 Å². The van der Waals surface area contributed by atoms with Gasteiger partial charge in [-0.15, -0.1) is 0 Å². The Hall–Kier alpha value is -3.87. The lowest BCUT2D eigenvalue weighted by molar-refractivity contribution is -0.115. The highest BCUT2D eigenvalue weighted by Gasteiger charge is 2.13. The molecule has 3 aromatic rings. The first-order valence-corrected chi connectivity index (χ1v) is 9.45. The summed E-state index contributed by atoms with van der Waals surface area (Å²) in [7, 11) is 1.59. The van der Waals surface area contributed by atoms with Gasteiger partial charge in [0.2, 0.25) is 5.91 Å². The molecule has 0 aliphatic rings. The van der Waals surface area contributed by atoms with Crippen LogP contribution in [0.3, 0.4) is 0 Å². The fraction of sp³-hybridized carbons (Fsp3) is 0.125. The predicted octanol–water partition coefficient (Wildman–Crippen LogP) is 5.20. The Morgan fingerprint density at radius 2 is 1.90 bits per heavy atom. The number of nitrogens with zero attached hydrogens (tertiary/aromatic N) is 2. The van der Waals surface area contributed by atoms with Gasteiger partial charge in [0.05, 0.1) is 25.4 Å². The Morgan fingerprint density at radius 3 is 2.55 bits per heavy atom. The third-order valence-corrected chi connectivity index (χ3v) is 4.48. The molecule has 7 heteroatoms. The minimum Gasteiger partial charge on any atom is -0.497 e. The minimum absolute atomic E-state index is 0.136. The van der Waals surface area contributed by atoms with E-state index in [0.717, 1.165) is 29.0 Å². The number of carbonyl (C=O) groups excluding carboxylic acids is 1. The number of rotatable bonds is 7. The van der Waals surface area contributed by atoms with Gasteiger partial charge < -0.3 is 10.1 Å². The van der Waals surface area contributed by atoms with E-state index in [9.17, 15) is 13.6 Å². The van der Waals surface area contributed by atoms with Crippen LogP contribution in [0.4, 0.5) is 14.6 Å². The Labute approximate surface area is 179 Å². The SMILES string of the molecule is C=C/C(C)=C\c1nc(-c2ccc(OC)cc2)cnc1NC(=O)Cc1ccc(F)c(F)c1. The number of amides is 1. The number of aromatic nitrogens is 2. The van der Waals surface area contributed by atoms with Gasteiger partial charge in [0.1, 0.15) is 11.4 Å². The standard InChI is InChI=1S/C24H21F2N3O2/c1-4-15(2)11-21-24(29-23(30)13-16-5-10-19(25)20(26)12-16)27-14-22(28-21)17-6-8-18(31-3)9-7-17/h4-12,14H,1,13H2,2-3H3,(H,27,29,30)/b15-11-. The molecule has 158 valence electrons. The van der Waals surface area contributed by atoms with Crippen LogP contribution >= 0.6 is 0 Å². The van der Waals surface area contributed by atoms with Crippen molar-refractivity contribution < 1.29 is 18.3 Å². The minimum atomic E-state index is -1.00. The molecule has 0 saturated carbocycles. The lowest BCUT2D eigenvalue weighted by Crippen LogP contribution is -2.17. The molecule has 0 atom stereocenters. The molecule has 0 aliphatic carbocycles. The highest BCUT2D eigenvalue weighted by Crippen LogP contribution is 2.24. The van der Waals surface area contributed by atoms with Gasteiger partial charge in [0.25, 0.3) is 0 Å². The van der Waals surface area contributed by atoms with Gasteiger partial charge in [-0.3, -0.25) is 4.79 Å². The fourth-order valence-electron chi connectivity index (χ4n) is 2.79. The highest BCUT2D eigenvalue weighted by atomic mass is 19.2. The van der Waals surface area contributed by atoms with Crippen LogP contribution < -0.4 is 10.1 Å². The molecule has 31 heavy (non-hydrogen) atoms. The predicted molar refractivity (Wildman–Crippen MR) is 117 cm³/mol. The molecule has 0 bridgehead atoms. The summed E-state index contributed by atoms with van der Waals surface area (Å²) in [6.45, 7) is 5.58. The van der Waals surface area contributed by atoms with Crippen molar-refractivity contribution in [3.05, 3.63) is 89.8 Å². The van der Waals surface area contributed by atoms with E-state index in [1.165, 1.54) is 6.07 Å². The molecule has 1 N–H and O–H groups in total. The lowest BCUT2D eigenvalue weighted by Gasteiger charge is -2.10. The number of methoxy groups -OCH3 is 1. The van der Waals surface area contributed by atoms with Gasteiger partial charge in [0.15, 0.2) is 17.5 Å². The van der Waals surface area contributed by atoms with Gasteiger partial charge >= 0.3 is 0 Å². The number of carbonyl (C=O) groups is 1. The van der Waals surface area contributed by atoms with E-state index >= 15 is 0 Å². The Kier molecular flexibility index (Phi) is 6.87. The first-order chi connectivity index (χ1) is 14.9. The number of nitrogens with one attached hydrogen (secondary N) is 1. The van der Waals surface area contributed by atoms with E-state index < -0.39 is 17.5 Å². The average molecular weight is 421 g/mol. The average Bonchev–Trinajstić information content (AvgIpc) is 2.77. The van der Waals surface area contributed by atoms with Crippen LogP contribution in [0.1, 0.15) is 18.2 Å².